The molecule has 8 saturated heterocycles. The second-order valence-electron chi connectivity index (χ2n) is 28.4. The highest BCUT2D eigenvalue weighted by Gasteiger charge is 2.60. The number of aliphatic hydroxyl groups is 30. The molecule has 32 N–H and O–H groups in total. The van der Waals surface area contributed by atoms with Crippen molar-refractivity contribution in [3.05, 3.63) is 23.3 Å². The van der Waals surface area contributed by atoms with E-state index < -0.39 is 347 Å². The molecule has 10 rings (SSSR count). The molecular weight excluding hydrogens is 1490 g/mol. The van der Waals surface area contributed by atoms with Crippen LogP contribution < -0.4 is 10.6 Å². The van der Waals surface area contributed by atoms with Crippen LogP contribution in [0.3, 0.4) is 0 Å². The minimum absolute atomic E-state index is 0.114. The fourth-order valence-electron chi connectivity index (χ4n) is 15.0. The third kappa shape index (κ3) is 18.2. The summed E-state index contributed by atoms with van der Waals surface area (Å²) in [5.41, 5.74) is -0.331. The Kier molecular flexibility index (Phi) is 30.9. The Morgan fingerprint density at radius 3 is 0.798 bits per heavy atom. The molecule has 48 atom stereocenters. The topological polar surface area (TPSA) is 769 Å². The van der Waals surface area contributed by atoms with Crippen LogP contribution in [0.15, 0.2) is 23.3 Å². The molecular formula is C62H104N2O45. The Morgan fingerprint density at radius 2 is 0.505 bits per heavy atom. The van der Waals surface area contributed by atoms with E-state index >= 15 is 0 Å². The van der Waals surface area contributed by atoms with Crippen LogP contribution in [0.25, 0.3) is 0 Å². The number of ether oxygens (including phenoxy) is 15. The summed E-state index contributed by atoms with van der Waals surface area (Å²) in [6.45, 7) is -4.88. The van der Waals surface area contributed by atoms with E-state index in [0.29, 0.717) is 0 Å². The number of hydrogen-bond acceptors (Lipinski definition) is 47. The third-order valence-corrected chi connectivity index (χ3v) is 21.4. The average molecular weight is 1600 g/mol. The summed E-state index contributed by atoms with van der Waals surface area (Å²) in [6.07, 6.45) is -80.4. The zero-order chi connectivity index (χ0) is 80.0. The van der Waals surface area contributed by atoms with E-state index in [4.69, 9.17) is 71.1 Å². The highest BCUT2D eigenvalue weighted by atomic mass is 16.8. The highest BCUT2D eigenvalue weighted by Crippen LogP contribution is 2.39. The molecule has 0 saturated carbocycles. The van der Waals surface area contributed by atoms with Crippen LogP contribution in [0.1, 0.15) is 13.8 Å². The molecule has 0 spiro atoms. The van der Waals surface area contributed by atoms with Crippen molar-refractivity contribution >= 4 is 0 Å². The molecule has 47 nitrogen and oxygen atoms in total. The molecule has 8 fully saturated rings. The van der Waals surface area contributed by atoms with Gasteiger partial charge in [0.25, 0.3) is 0 Å². The van der Waals surface area contributed by atoms with Crippen LogP contribution in [-0.2, 0) is 71.1 Å². The van der Waals surface area contributed by atoms with Gasteiger partial charge in [0.15, 0.2) is 50.3 Å². The van der Waals surface area contributed by atoms with Crippen LogP contribution >= 0.6 is 0 Å². The summed E-state index contributed by atoms with van der Waals surface area (Å²) in [7, 11) is 0. The monoisotopic (exact) mass is 1600 g/mol. The predicted molar refractivity (Wildman–Crippen MR) is 337 cm³/mol. The van der Waals surface area contributed by atoms with Crippen molar-refractivity contribution in [3.8, 4) is 0 Å². The summed E-state index contributed by atoms with van der Waals surface area (Å²) >= 11 is 0. The van der Waals surface area contributed by atoms with E-state index in [9.17, 15) is 153 Å². The van der Waals surface area contributed by atoms with Crippen molar-refractivity contribution < 1.29 is 224 Å². The Morgan fingerprint density at radius 1 is 0.257 bits per heavy atom. The summed E-state index contributed by atoms with van der Waals surface area (Å²) in [4.78, 5) is 0. The lowest BCUT2D eigenvalue weighted by atomic mass is 9.86. The Labute approximate surface area is 617 Å². The lowest BCUT2D eigenvalue weighted by molar-refractivity contribution is -0.391. The molecule has 0 aromatic rings. The zero-order valence-electron chi connectivity index (χ0n) is 58.1. The van der Waals surface area contributed by atoms with Crippen LogP contribution in [0.5, 0.6) is 0 Å². The normalized spacial score (nSPS) is 53.0. The molecule has 0 radical (unpaired) electrons. The standard InChI is InChI=1S/C62H104N2O45/c1-13-25(63-17-3-15(5-65)48(33(79)27(17)73)103-58-43(89)32(78)29(75)19(7-67)98-58)30(76)41(87)56(95-13)105-51-21(9-69)99-59(44(90)36(51)82)104-49-16(6-66)4-18(28(74)34(49)80)64-26-14(2)96-57(42(88)31(26)77)106-52-22(10-70)100-61(45(91)37(52)83)108-54-24(12-72)102-62(47(93)39(54)85)109-53-23(11-71)101-60(46(92)38(53)84)107-50-20(8-68)97-55(94)40(86)35(50)81/h3-4,13-14,17-94H,5-12H2,1-2H3/t13-,14-,17+,18+,19-,20-,21-,22-,23-,24-,25-,26-,27+,28+,29-,30+,31+,32+,33-,34-,35-,36-,37-,38-,39-,40-,41-,42-,43-,44-,45-,46-,47-,48-,49-,50-,51-,52-,53-,54-,55?,56-,57-,58-,59-,60-,61-,62-/m1/s1. The minimum atomic E-state index is -2.22. The van der Waals surface area contributed by atoms with Gasteiger partial charge >= 0.3 is 0 Å². The quantitative estimate of drug-likeness (QED) is 0.0358. The Balaban J connectivity index is 0.707. The van der Waals surface area contributed by atoms with Crippen LogP contribution in [0.4, 0.5) is 0 Å². The van der Waals surface area contributed by atoms with Crippen molar-refractivity contribution in [1.29, 1.82) is 0 Å². The van der Waals surface area contributed by atoms with Crippen LogP contribution in [-0.4, -0.2) is 500 Å². The molecule has 1 unspecified atom stereocenters. The summed E-state index contributed by atoms with van der Waals surface area (Å²) < 4.78 is 85.0. The second-order valence-corrected chi connectivity index (χ2v) is 28.4. The maximum atomic E-state index is 11.6. The first kappa shape index (κ1) is 89.0. The van der Waals surface area contributed by atoms with Gasteiger partial charge in [-0.05, 0) is 25.0 Å². The van der Waals surface area contributed by atoms with Gasteiger partial charge in [-0.15, -0.1) is 0 Å². The lowest BCUT2D eigenvalue weighted by Crippen LogP contribution is -2.69. The van der Waals surface area contributed by atoms with Gasteiger partial charge in [0.1, 0.15) is 208 Å². The SMILES string of the molecule is C[C@H]1O[C@H](O[C@H]2[C@H](O)[C@@H](O)[C@@H](O[C@H]3[C@H](O)[C@@H](O)[C@@H](O[C@H]4[C@H](O)[C@@H](O)[C@@H](O[C@H]5[C@H](O)[C@@H](O)C(O)O[C@@H]5CO)O[C@@H]4CO)O[C@@H]3CO)O[C@@H]2CO)[C@H](O)[C@@H](O)[C@@H]1N[C@H]1C=C(CO)[C@@H](O[C@H]2O[C@H](CO)[C@@H](O[C@H]3O[C@H](C)[C@@H](N[C@H]4C=C(CO)[C@@H](O[C@H]5O[C@H](CO)[C@@H](O)[C@H](O)[C@H]5O)[C@H](O)[C@H]4O)[C@H](O)[C@H]3O)[C@H](O)[C@H]2O)[C@H](O)[C@H]1O. The molecule has 632 valence electrons. The van der Waals surface area contributed by atoms with E-state index in [1.165, 1.54) is 19.9 Å². The van der Waals surface area contributed by atoms with E-state index in [1.807, 2.05) is 0 Å². The maximum Gasteiger partial charge on any atom is 0.187 e. The van der Waals surface area contributed by atoms with E-state index in [0.717, 1.165) is 6.08 Å². The van der Waals surface area contributed by atoms with E-state index in [-0.39, 0.29) is 11.1 Å². The molecule has 8 aliphatic heterocycles. The van der Waals surface area contributed by atoms with Crippen molar-refractivity contribution in [1.82, 2.24) is 10.6 Å². The number of hydrogen-bond donors (Lipinski definition) is 32. The van der Waals surface area contributed by atoms with Gasteiger partial charge in [0, 0.05) is 0 Å². The second kappa shape index (κ2) is 37.9. The summed E-state index contributed by atoms with van der Waals surface area (Å²) in [5.74, 6) is 0. The van der Waals surface area contributed by atoms with E-state index in [2.05, 4.69) is 10.6 Å². The number of rotatable bonds is 26. The zero-order valence-corrected chi connectivity index (χ0v) is 58.1. The minimum Gasteiger partial charge on any atom is -0.394 e. The van der Waals surface area contributed by atoms with Gasteiger partial charge < -0.3 is 235 Å². The molecule has 0 aromatic carbocycles. The fourth-order valence-corrected chi connectivity index (χ4v) is 15.0. The fraction of sp³-hybridized carbons (Fsp3) is 0.935. The molecule has 2 aliphatic carbocycles. The van der Waals surface area contributed by atoms with E-state index in [1.54, 1.807) is 0 Å². The van der Waals surface area contributed by atoms with Crippen molar-refractivity contribution in [2.75, 3.05) is 52.9 Å². The molecule has 109 heavy (non-hydrogen) atoms. The van der Waals surface area contributed by atoms with Gasteiger partial charge in [-0.2, -0.15) is 0 Å². The molecule has 0 amide bonds. The molecule has 8 heterocycles. The average Bonchev–Trinajstić information content (AvgIpc) is 0.777. The highest BCUT2D eigenvalue weighted by molar-refractivity contribution is 5.25. The largest absolute Gasteiger partial charge is 0.394 e. The first-order valence-corrected chi connectivity index (χ1v) is 35.2. The lowest BCUT2D eigenvalue weighted by Gasteiger charge is -2.50. The predicted octanol–water partition coefficient (Wildman–Crippen LogP) is -20.4. The third-order valence-electron chi connectivity index (χ3n) is 21.4. The smallest absolute Gasteiger partial charge is 0.187 e. The van der Waals surface area contributed by atoms with Crippen molar-refractivity contribution in [3.63, 3.8) is 0 Å². The number of aliphatic hydroxyl groups excluding tert-OH is 30. The Bertz CT molecular complexity index is 2880. The molecule has 10 aliphatic rings. The first-order chi connectivity index (χ1) is 51.6. The molecule has 47 heteroatoms. The molecule has 0 aromatic heterocycles. The summed E-state index contributed by atoms with van der Waals surface area (Å²) in [6, 6.07) is -5.52. The van der Waals surface area contributed by atoms with Gasteiger partial charge in [-0.1, -0.05) is 12.2 Å². The Hall–Kier alpha value is -2.40. The maximum absolute atomic E-state index is 11.6. The molecule has 0 bridgehead atoms. The van der Waals surface area contributed by atoms with Gasteiger partial charge in [-0.3, -0.25) is 0 Å². The van der Waals surface area contributed by atoms with Crippen LogP contribution in [0.2, 0.25) is 0 Å². The van der Waals surface area contributed by atoms with Crippen molar-refractivity contribution in [2.45, 2.75) is 308 Å². The van der Waals surface area contributed by atoms with Gasteiger partial charge in [-0.25, -0.2) is 0 Å². The van der Waals surface area contributed by atoms with Crippen molar-refractivity contribution in [2.24, 2.45) is 0 Å². The van der Waals surface area contributed by atoms with Gasteiger partial charge in [0.05, 0.1) is 89.2 Å². The van der Waals surface area contributed by atoms with Crippen LogP contribution in [0, 0.1) is 0 Å². The first-order valence-electron chi connectivity index (χ1n) is 35.2. The summed E-state index contributed by atoms with van der Waals surface area (Å²) in [5, 5.41) is 331. The number of nitrogens with one attached hydrogen (secondary N) is 2. The van der Waals surface area contributed by atoms with Gasteiger partial charge in [0.2, 0.25) is 0 Å².